The fourth-order valence-corrected chi connectivity index (χ4v) is 3.50. The van der Waals surface area contributed by atoms with Crippen molar-refractivity contribution in [2.45, 2.75) is 32.8 Å². The average Bonchev–Trinajstić information content (AvgIpc) is 2.60. The van der Waals surface area contributed by atoms with Gasteiger partial charge in [-0.15, -0.1) is 0 Å². The molecular formula is C17H24N4O4. The van der Waals surface area contributed by atoms with E-state index in [0.29, 0.717) is 57.1 Å². The molecule has 0 unspecified atom stereocenters. The van der Waals surface area contributed by atoms with Gasteiger partial charge in [0, 0.05) is 38.5 Å². The van der Waals surface area contributed by atoms with Crippen molar-refractivity contribution >= 4 is 11.8 Å². The Balaban J connectivity index is 1.64. The number of hydrogen-bond donors (Lipinski definition) is 1. The van der Waals surface area contributed by atoms with Crippen LogP contribution in [0.25, 0.3) is 0 Å². The minimum atomic E-state index is -0.379. The fraction of sp³-hybridized carbons (Fsp3) is 0.647. The second-order valence-corrected chi connectivity index (χ2v) is 6.68. The van der Waals surface area contributed by atoms with Crippen LogP contribution in [0.2, 0.25) is 0 Å². The topological polar surface area (TPSA) is 95.6 Å². The van der Waals surface area contributed by atoms with Crippen LogP contribution in [0.15, 0.2) is 10.9 Å². The van der Waals surface area contributed by atoms with E-state index >= 15 is 0 Å². The Hall–Kier alpha value is -2.22. The number of aryl methyl sites for hydroxylation is 1. The lowest BCUT2D eigenvalue weighted by atomic mass is 9.94. The number of H-pyrrole nitrogens is 1. The Morgan fingerprint density at radius 2 is 1.96 bits per heavy atom. The van der Waals surface area contributed by atoms with Gasteiger partial charge in [-0.3, -0.25) is 14.4 Å². The number of nitrogens with zero attached hydrogens (tertiary/aromatic N) is 3. The Morgan fingerprint density at radius 3 is 2.60 bits per heavy atom. The van der Waals surface area contributed by atoms with Crippen LogP contribution in [0.3, 0.4) is 0 Å². The van der Waals surface area contributed by atoms with Crippen molar-refractivity contribution in [3.05, 3.63) is 27.9 Å². The molecule has 0 aliphatic carbocycles. The minimum Gasteiger partial charge on any atom is -0.368 e. The van der Waals surface area contributed by atoms with E-state index in [1.165, 1.54) is 6.07 Å². The molecule has 0 radical (unpaired) electrons. The van der Waals surface area contributed by atoms with Crippen molar-refractivity contribution in [2.75, 3.05) is 32.8 Å². The SMILES string of the molecule is CC(=O)N1CCC(C(=O)N2CCO[C@H](c3cc(=O)[nH]c(C)n3)C2)CC1. The molecule has 25 heavy (non-hydrogen) atoms. The van der Waals surface area contributed by atoms with Crippen molar-refractivity contribution in [1.82, 2.24) is 19.8 Å². The van der Waals surface area contributed by atoms with Gasteiger partial charge in [-0.05, 0) is 19.8 Å². The Labute approximate surface area is 146 Å². The lowest BCUT2D eigenvalue weighted by Gasteiger charge is -2.37. The van der Waals surface area contributed by atoms with Gasteiger partial charge in [-0.1, -0.05) is 0 Å². The molecule has 0 aromatic carbocycles. The van der Waals surface area contributed by atoms with Crippen LogP contribution in [0, 0.1) is 12.8 Å². The van der Waals surface area contributed by atoms with Gasteiger partial charge in [0.2, 0.25) is 11.8 Å². The average molecular weight is 348 g/mol. The predicted octanol–water partition coefficient (Wildman–Crippen LogP) is 0.237. The second-order valence-electron chi connectivity index (χ2n) is 6.68. The smallest absolute Gasteiger partial charge is 0.251 e. The van der Waals surface area contributed by atoms with E-state index in [1.54, 1.807) is 23.6 Å². The molecule has 0 bridgehead atoms. The molecule has 1 aromatic heterocycles. The summed E-state index contributed by atoms with van der Waals surface area (Å²) in [6.45, 7) is 5.93. The van der Waals surface area contributed by atoms with Gasteiger partial charge >= 0.3 is 0 Å². The number of aromatic nitrogens is 2. The summed E-state index contributed by atoms with van der Waals surface area (Å²) >= 11 is 0. The number of amides is 2. The number of aromatic amines is 1. The van der Waals surface area contributed by atoms with Crippen LogP contribution < -0.4 is 5.56 Å². The van der Waals surface area contributed by atoms with Crippen LogP contribution >= 0.6 is 0 Å². The number of morpholine rings is 1. The van der Waals surface area contributed by atoms with E-state index in [1.807, 2.05) is 0 Å². The molecule has 2 aliphatic rings. The highest BCUT2D eigenvalue weighted by molar-refractivity contribution is 5.80. The number of likely N-dealkylation sites (tertiary alicyclic amines) is 1. The largest absolute Gasteiger partial charge is 0.368 e. The number of carbonyl (C=O) groups is 2. The molecule has 136 valence electrons. The van der Waals surface area contributed by atoms with Crippen LogP contribution in [0.1, 0.15) is 37.4 Å². The van der Waals surface area contributed by atoms with Crippen molar-refractivity contribution in [2.24, 2.45) is 5.92 Å². The maximum absolute atomic E-state index is 12.8. The molecule has 3 rings (SSSR count). The van der Waals surface area contributed by atoms with Crippen molar-refractivity contribution < 1.29 is 14.3 Å². The summed E-state index contributed by atoms with van der Waals surface area (Å²) in [4.78, 5) is 46.4. The fourth-order valence-electron chi connectivity index (χ4n) is 3.50. The third kappa shape index (κ3) is 4.07. The molecule has 0 saturated carbocycles. The molecule has 2 fully saturated rings. The third-order valence-electron chi connectivity index (χ3n) is 4.88. The maximum Gasteiger partial charge on any atom is 0.251 e. The Morgan fingerprint density at radius 1 is 1.24 bits per heavy atom. The highest BCUT2D eigenvalue weighted by Crippen LogP contribution is 2.24. The first-order valence-electron chi connectivity index (χ1n) is 8.68. The first-order chi connectivity index (χ1) is 11.9. The summed E-state index contributed by atoms with van der Waals surface area (Å²) in [6, 6.07) is 1.43. The number of hydrogen-bond acceptors (Lipinski definition) is 5. The molecule has 2 amide bonds. The molecule has 0 spiro atoms. The minimum absolute atomic E-state index is 0.0526. The van der Waals surface area contributed by atoms with Crippen LogP contribution in [0.4, 0.5) is 0 Å². The summed E-state index contributed by atoms with van der Waals surface area (Å²) in [6.07, 6.45) is 1.02. The number of nitrogens with one attached hydrogen (secondary N) is 1. The van der Waals surface area contributed by atoms with Crippen molar-refractivity contribution in [3.8, 4) is 0 Å². The zero-order valence-corrected chi connectivity index (χ0v) is 14.7. The van der Waals surface area contributed by atoms with E-state index < -0.39 is 0 Å². The lowest BCUT2D eigenvalue weighted by molar-refractivity contribution is -0.146. The predicted molar refractivity (Wildman–Crippen MR) is 89.8 cm³/mol. The molecule has 2 saturated heterocycles. The van der Waals surface area contributed by atoms with Gasteiger partial charge in [-0.25, -0.2) is 4.98 Å². The summed E-state index contributed by atoms with van der Waals surface area (Å²) in [5.74, 6) is 0.653. The van der Waals surface area contributed by atoms with Crippen LogP contribution in [-0.2, 0) is 14.3 Å². The third-order valence-corrected chi connectivity index (χ3v) is 4.88. The van der Waals surface area contributed by atoms with Gasteiger partial charge in [0.25, 0.3) is 5.56 Å². The van der Waals surface area contributed by atoms with E-state index in [9.17, 15) is 14.4 Å². The summed E-state index contributed by atoms with van der Waals surface area (Å²) in [5, 5.41) is 0. The number of carbonyl (C=O) groups excluding carboxylic acids is 2. The molecule has 2 aliphatic heterocycles. The molecule has 1 aromatic rings. The van der Waals surface area contributed by atoms with Crippen LogP contribution in [0.5, 0.6) is 0 Å². The van der Waals surface area contributed by atoms with Crippen molar-refractivity contribution in [1.29, 1.82) is 0 Å². The first kappa shape index (κ1) is 17.6. The van der Waals surface area contributed by atoms with E-state index in [-0.39, 0.29) is 29.4 Å². The van der Waals surface area contributed by atoms with Gasteiger partial charge in [0.1, 0.15) is 11.9 Å². The van der Waals surface area contributed by atoms with Gasteiger partial charge in [-0.2, -0.15) is 0 Å². The quantitative estimate of drug-likeness (QED) is 0.826. The molecule has 8 heteroatoms. The maximum atomic E-state index is 12.8. The van der Waals surface area contributed by atoms with Crippen LogP contribution in [-0.4, -0.2) is 64.4 Å². The molecule has 1 atom stereocenters. The number of ether oxygens (including phenoxy) is 1. The van der Waals surface area contributed by atoms with E-state index in [4.69, 9.17) is 4.74 Å². The zero-order chi connectivity index (χ0) is 18.0. The first-order valence-corrected chi connectivity index (χ1v) is 8.68. The normalized spacial score (nSPS) is 22.1. The van der Waals surface area contributed by atoms with Gasteiger partial charge in [0.05, 0.1) is 18.8 Å². The zero-order valence-electron chi connectivity index (χ0n) is 14.7. The summed E-state index contributed by atoms with van der Waals surface area (Å²) < 4.78 is 5.73. The highest BCUT2D eigenvalue weighted by atomic mass is 16.5. The molecule has 1 N–H and O–H groups in total. The number of piperidine rings is 1. The van der Waals surface area contributed by atoms with E-state index in [0.717, 1.165) is 0 Å². The monoisotopic (exact) mass is 348 g/mol. The molecular weight excluding hydrogens is 324 g/mol. The van der Waals surface area contributed by atoms with Gasteiger partial charge < -0.3 is 19.5 Å². The second kappa shape index (κ2) is 7.35. The van der Waals surface area contributed by atoms with E-state index in [2.05, 4.69) is 9.97 Å². The molecule has 8 nitrogen and oxygen atoms in total. The van der Waals surface area contributed by atoms with Crippen molar-refractivity contribution in [3.63, 3.8) is 0 Å². The standard InChI is InChI=1S/C17H24N4O4/c1-11-18-14(9-16(23)19-11)15-10-21(7-8-25-15)17(24)13-3-5-20(6-4-13)12(2)22/h9,13,15H,3-8,10H2,1-2H3,(H,18,19,23)/t15-/m0/s1. The Kier molecular flexibility index (Phi) is 5.17. The summed E-state index contributed by atoms with van der Waals surface area (Å²) in [5.41, 5.74) is 0.344. The highest BCUT2D eigenvalue weighted by Gasteiger charge is 2.33. The van der Waals surface area contributed by atoms with Gasteiger partial charge in [0.15, 0.2) is 0 Å². The summed E-state index contributed by atoms with van der Waals surface area (Å²) in [7, 11) is 0. The number of rotatable bonds is 2. The molecule has 3 heterocycles. The Bertz CT molecular complexity index is 709. The lowest BCUT2D eigenvalue weighted by Crippen LogP contribution is -2.48.